The summed E-state index contributed by atoms with van der Waals surface area (Å²) in [6.45, 7) is 0.142. The monoisotopic (exact) mass is 369 g/mol. The highest BCUT2D eigenvalue weighted by Crippen LogP contribution is 2.32. The van der Waals surface area contributed by atoms with Crippen molar-refractivity contribution < 1.29 is 18.7 Å². The number of rotatable bonds is 4. The van der Waals surface area contributed by atoms with Crippen molar-refractivity contribution >= 4 is 17.2 Å². The molecule has 0 fully saturated rings. The standard InChI is InChI=1S/C20H16FNO3S/c21-14-9-7-13(8-10-14)19(18-6-3-11-26-18)22-20(23)17-12-24-15-4-1-2-5-16(15)25-17/h1-11,17,19H,12H2,(H,22,23)/t17-,19+/m0/s1. The van der Waals surface area contributed by atoms with Crippen LogP contribution in [0.15, 0.2) is 66.0 Å². The van der Waals surface area contributed by atoms with E-state index in [1.54, 1.807) is 24.3 Å². The zero-order valence-corrected chi connectivity index (χ0v) is 14.5. The summed E-state index contributed by atoms with van der Waals surface area (Å²) in [6, 6.07) is 16.9. The molecule has 3 aromatic rings. The Balaban J connectivity index is 1.54. The molecule has 1 aliphatic rings. The zero-order valence-electron chi connectivity index (χ0n) is 13.7. The van der Waals surface area contributed by atoms with Gasteiger partial charge in [0.2, 0.25) is 6.10 Å². The molecule has 0 aliphatic carbocycles. The Hall–Kier alpha value is -2.86. The van der Waals surface area contributed by atoms with Crippen LogP contribution in [0.25, 0.3) is 0 Å². The normalized spacial score (nSPS) is 16.7. The molecular weight excluding hydrogens is 353 g/mol. The second-order valence-corrected chi connectivity index (χ2v) is 6.85. The lowest BCUT2D eigenvalue weighted by Crippen LogP contribution is -2.45. The Morgan fingerprint density at radius 3 is 2.58 bits per heavy atom. The molecule has 0 saturated carbocycles. The maximum Gasteiger partial charge on any atom is 0.265 e. The maximum atomic E-state index is 13.3. The van der Waals surface area contributed by atoms with E-state index in [2.05, 4.69) is 5.32 Å². The third-order valence-electron chi connectivity index (χ3n) is 4.12. The lowest BCUT2D eigenvalue weighted by atomic mass is 10.0. The molecule has 2 atom stereocenters. The first kappa shape index (κ1) is 16.6. The number of carbonyl (C=O) groups excluding carboxylic acids is 1. The molecule has 4 rings (SSSR count). The average Bonchev–Trinajstić information content (AvgIpc) is 3.21. The molecule has 1 amide bonds. The molecule has 0 saturated heterocycles. The van der Waals surface area contributed by atoms with Gasteiger partial charge in [-0.25, -0.2) is 4.39 Å². The number of thiophene rings is 1. The van der Waals surface area contributed by atoms with Crippen molar-refractivity contribution in [2.24, 2.45) is 0 Å². The van der Waals surface area contributed by atoms with E-state index in [4.69, 9.17) is 9.47 Å². The number of hydrogen-bond donors (Lipinski definition) is 1. The van der Waals surface area contributed by atoms with Gasteiger partial charge in [-0.15, -0.1) is 11.3 Å². The molecule has 1 aromatic heterocycles. The van der Waals surface area contributed by atoms with Crippen molar-refractivity contribution in [3.8, 4) is 11.5 Å². The van der Waals surface area contributed by atoms with Gasteiger partial charge in [0.1, 0.15) is 12.4 Å². The van der Waals surface area contributed by atoms with Gasteiger partial charge in [0.15, 0.2) is 11.5 Å². The number of halogens is 1. The van der Waals surface area contributed by atoms with Crippen molar-refractivity contribution in [3.63, 3.8) is 0 Å². The summed E-state index contributed by atoms with van der Waals surface area (Å²) in [4.78, 5) is 13.7. The van der Waals surface area contributed by atoms with Crippen LogP contribution in [0.4, 0.5) is 4.39 Å². The lowest BCUT2D eigenvalue weighted by Gasteiger charge is -2.27. The van der Waals surface area contributed by atoms with Crippen molar-refractivity contribution in [1.82, 2.24) is 5.32 Å². The van der Waals surface area contributed by atoms with E-state index in [-0.39, 0.29) is 24.4 Å². The summed E-state index contributed by atoms with van der Waals surface area (Å²) in [5, 5.41) is 4.94. The largest absolute Gasteiger partial charge is 0.485 e. The highest BCUT2D eigenvalue weighted by atomic mass is 32.1. The number of carbonyl (C=O) groups is 1. The Morgan fingerprint density at radius 2 is 1.85 bits per heavy atom. The molecule has 0 spiro atoms. The van der Waals surface area contributed by atoms with Gasteiger partial charge in [0.05, 0.1) is 6.04 Å². The zero-order chi connectivity index (χ0) is 17.9. The number of amides is 1. The van der Waals surface area contributed by atoms with Gasteiger partial charge in [-0.05, 0) is 41.3 Å². The molecule has 0 bridgehead atoms. The summed E-state index contributed by atoms with van der Waals surface area (Å²) in [5.74, 6) is 0.589. The topological polar surface area (TPSA) is 47.6 Å². The minimum absolute atomic E-state index is 0.142. The van der Waals surface area contributed by atoms with E-state index in [1.165, 1.54) is 23.5 Å². The Morgan fingerprint density at radius 1 is 1.08 bits per heavy atom. The number of nitrogens with one attached hydrogen (secondary N) is 1. The first-order valence-electron chi connectivity index (χ1n) is 8.18. The number of fused-ring (bicyclic) bond motifs is 1. The molecule has 0 unspecified atom stereocenters. The molecule has 4 nitrogen and oxygen atoms in total. The number of para-hydroxylation sites is 2. The van der Waals surface area contributed by atoms with Crippen LogP contribution in [-0.2, 0) is 4.79 Å². The first-order valence-corrected chi connectivity index (χ1v) is 9.06. The second kappa shape index (κ2) is 7.17. The molecule has 26 heavy (non-hydrogen) atoms. The van der Waals surface area contributed by atoms with E-state index < -0.39 is 6.10 Å². The molecule has 6 heteroatoms. The molecule has 1 N–H and O–H groups in total. The molecular formula is C20H16FNO3S. The fourth-order valence-corrected chi connectivity index (χ4v) is 3.62. The van der Waals surface area contributed by atoms with Crippen molar-refractivity contribution in [1.29, 1.82) is 0 Å². The SMILES string of the molecule is O=C(N[C@H](c1ccc(F)cc1)c1cccs1)[C@@H]1COc2ccccc2O1. The molecule has 1 aliphatic heterocycles. The predicted molar refractivity (Wildman–Crippen MR) is 97.1 cm³/mol. The third kappa shape index (κ3) is 3.41. The van der Waals surface area contributed by atoms with E-state index >= 15 is 0 Å². The second-order valence-electron chi connectivity index (χ2n) is 5.87. The summed E-state index contributed by atoms with van der Waals surface area (Å²) < 4.78 is 24.7. The Labute approximate surface area is 154 Å². The van der Waals surface area contributed by atoms with Crippen LogP contribution in [0, 0.1) is 5.82 Å². The number of hydrogen-bond acceptors (Lipinski definition) is 4. The molecule has 2 heterocycles. The van der Waals surface area contributed by atoms with E-state index in [0.717, 1.165) is 10.4 Å². The van der Waals surface area contributed by atoms with Crippen molar-refractivity contribution in [2.75, 3.05) is 6.61 Å². The van der Waals surface area contributed by atoms with Crippen LogP contribution < -0.4 is 14.8 Å². The van der Waals surface area contributed by atoms with Gasteiger partial charge < -0.3 is 14.8 Å². The predicted octanol–water partition coefficient (Wildman–Crippen LogP) is 3.93. The molecule has 0 radical (unpaired) electrons. The van der Waals surface area contributed by atoms with Gasteiger partial charge >= 0.3 is 0 Å². The van der Waals surface area contributed by atoms with Gasteiger partial charge in [-0.2, -0.15) is 0 Å². The Bertz CT molecular complexity index is 896. The third-order valence-corrected chi connectivity index (χ3v) is 5.06. The highest BCUT2D eigenvalue weighted by molar-refractivity contribution is 7.10. The summed E-state index contributed by atoms with van der Waals surface area (Å²) in [5.41, 5.74) is 0.805. The van der Waals surface area contributed by atoms with E-state index in [0.29, 0.717) is 11.5 Å². The van der Waals surface area contributed by atoms with Gasteiger partial charge in [-0.1, -0.05) is 30.3 Å². The van der Waals surface area contributed by atoms with Gasteiger partial charge in [-0.3, -0.25) is 4.79 Å². The van der Waals surface area contributed by atoms with Crippen LogP contribution in [0.5, 0.6) is 11.5 Å². The van der Waals surface area contributed by atoms with Crippen molar-refractivity contribution in [3.05, 3.63) is 82.3 Å². The van der Waals surface area contributed by atoms with Crippen molar-refractivity contribution in [2.45, 2.75) is 12.1 Å². The summed E-state index contributed by atoms with van der Waals surface area (Å²) in [6.07, 6.45) is -0.743. The van der Waals surface area contributed by atoms with Crippen LogP contribution >= 0.6 is 11.3 Å². The first-order chi connectivity index (χ1) is 12.7. The van der Waals surface area contributed by atoms with Crippen LogP contribution in [-0.4, -0.2) is 18.6 Å². The fraction of sp³-hybridized carbons (Fsp3) is 0.150. The lowest BCUT2D eigenvalue weighted by molar-refractivity contribution is -0.130. The number of benzene rings is 2. The smallest absolute Gasteiger partial charge is 0.265 e. The number of ether oxygens (including phenoxy) is 2. The summed E-state index contributed by atoms with van der Waals surface area (Å²) in [7, 11) is 0. The van der Waals surface area contributed by atoms with E-state index in [1.807, 2.05) is 29.6 Å². The minimum atomic E-state index is -0.743. The minimum Gasteiger partial charge on any atom is -0.485 e. The Kier molecular flexibility index (Phi) is 4.58. The summed E-state index contributed by atoms with van der Waals surface area (Å²) >= 11 is 1.53. The fourth-order valence-electron chi connectivity index (χ4n) is 2.81. The quantitative estimate of drug-likeness (QED) is 0.758. The molecule has 132 valence electrons. The van der Waals surface area contributed by atoms with Crippen LogP contribution in [0.2, 0.25) is 0 Å². The highest BCUT2D eigenvalue weighted by Gasteiger charge is 2.29. The van der Waals surface area contributed by atoms with Gasteiger partial charge in [0.25, 0.3) is 5.91 Å². The average molecular weight is 369 g/mol. The van der Waals surface area contributed by atoms with Crippen LogP contribution in [0.1, 0.15) is 16.5 Å². The van der Waals surface area contributed by atoms with E-state index in [9.17, 15) is 9.18 Å². The maximum absolute atomic E-state index is 13.3. The van der Waals surface area contributed by atoms with Gasteiger partial charge in [0, 0.05) is 4.88 Å². The molecule has 2 aromatic carbocycles. The van der Waals surface area contributed by atoms with Crippen LogP contribution in [0.3, 0.4) is 0 Å².